The van der Waals surface area contributed by atoms with E-state index < -0.39 is 0 Å². The van der Waals surface area contributed by atoms with Gasteiger partial charge in [0.15, 0.2) is 0 Å². The summed E-state index contributed by atoms with van der Waals surface area (Å²) >= 11 is 0. The molecule has 2 N–H and O–H groups in total. The molecule has 0 amide bonds. The van der Waals surface area contributed by atoms with Gasteiger partial charge in [0.2, 0.25) is 0 Å². The smallest absolute Gasteiger partial charge is 0.148 e. The highest BCUT2D eigenvalue weighted by Gasteiger charge is 2.03. The fourth-order valence-electron chi connectivity index (χ4n) is 1.08. The molecule has 12 heavy (non-hydrogen) atoms. The molecule has 1 heterocycles. The molecule has 0 bridgehead atoms. The van der Waals surface area contributed by atoms with Crippen molar-refractivity contribution in [2.24, 2.45) is 5.92 Å². The number of hydrogen-bond donors (Lipinski definition) is 1. The Morgan fingerprint density at radius 1 is 1.67 bits per heavy atom. The molecule has 1 aromatic rings. The molecule has 1 aromatic heterocycles. The van der Waals surface area contributed by atoms with Gasteiger partial charge in [0.1, 0.15) is 5.82 Å². The number of anilines is 1. The van der Waals surface area contributed by atoms with Crippen LogP contribution in [0.15, 0.2) is 6.20 Å². The lowest BCUT2D eigenvalue weighted by molar-refractivity contribution is 0.440. The Morgan fingerprint density at radius 3 is 2.75 bits per heavy atom. The van der Waals surface area contributed by atoms with Gasteiger partial charge in [-0.1, -0.05) is 20.3 Å². The normalized spacial score (nSPS) is 13.2. The van der Waals surface area contributed by atoms with Crippen LogP contribution in [0.5, 0.6) is 0 Å². The summed E-state index contributed by atoms with van der Waals surface area (Å²) in [5.74, 6) is 1.32. The maximum absolute atomic E-state index is 5.63. The fourth-order valence-corrected chi connectivity index (χ4v) is 1.08. The van der Waals surface area contributed by atoms with Crippen LogP contribution in [0.25, 0.3) is 0 Å². The lowest BCUT2D eigenvalue weighted by Crippen LogP contribution is -2.07. The van der Waals surface area contributed by atoms with E-state index in [1.165, 1.54) is 6.42 Å². The van der Waals surface area contributed by atoms with Crippen LogP contribution in [0.1, 0.15) is 25.8 Å². The molecule has 3 nitrogen and oxygen atoms in total. The van der Waals surface area contributed by atoms with Crippen molar-refractivity contribution in [1.29, 1.82) is 0 Å². The number of aryl methyl sites for hydroxylation is 1. The van der Waals surface area contributed by atoms with Crippen molar-refractivity contribution < 1.29 is 0 Å². The van der Waals surface area contributed by atoms with Gasteiger partial charge in [0.05, 0.1) is 0 Å². The first-order chi connectivity index (χ1) is 5.63. The Kier molecular flexibility index (Phi) is 2.74. The number of rotatable bonds is 3. The summed E-state index contributed by atoms with van der Waals surface area (Å²) in [4.78, 5) is 0. The van der Waals surface area contributed by atoms with Crippen LogP contribution in [0.4, 0.5) is 5.82 Å². The van der Waals surface area contributed by atoms with Gasteiger partial charge in [-0.3, -0.25) is 4.68 Å². The molecular formula is C9H17N3. The van der Waals surface area contributed by atoms with Crippen LogP contribution in [0.2, 0.25) is 0 Å². The first-order valence-corrected chi connectivity index (χ1v) is 4.43. The second kappa shape index (κ2) is 3.61. The van der Waals surface area contributed by atoms with E-state index in [9.17, 15) is 0 Å². The molecule has 1 rings (SSSR count). The highest BCUT2D eigenvalue weighted by molar-refractivity contribution is 5.35. The lowest BCUT2D eigenvalue weighted by atomic mass is 10.1. The third-order valence-corrected chi connectivity index (χ3v) is 2.18. The van der Waals surface area contributed by atoms with Crippen LogP contribution in [0, 0.1) is 12.8 Å². The molecule has 0 saturated heterocycles. The molecule has 0 radical (unpaired) electrons. The van der Waals surface area contributed by atoms with E-state index in [1.54, 1.807) is 0 Å². The molecular weight excluding hydrogens is 150 g/mol. The number of nitrogen functional groups attached to an aromatic ring is 1. The Morgan fingerprint density at radius 2 is 2.33 bits per heavy atom. The average molecular weight is 167 g/mol. The zero-order valence-electron chi connectivity index (χ0n) is 8.04. The molecule has 0 aromatic carbocycles. The van der Waals surface area contributed by atoms with Gasteiger partial charge in [-0.25, -0.2) is 0 Å². The van der Waals surface area contributed by atoms with Gasteiger partial charge in [-0.15, -0.1) is 0 Å². The van der Waals surface area contributed by atoms with Gasteiger partial charge in [-0.05, 0) is 12.8 Å². The first-order valence-electron chi connectivity index (χ1n) is 4.43. The quantitative estimate of drug-likeness (QED) is 0.746. The summed E-state index contributed by atoms with van der Waals surface area (Å²) in [6.45, 7) is 7.35. The van der Waals surface area contributed by atoms with Crippen molar-refractivity contribution in [3.05, 3.63) is 11.8 Å². The van der Waals surface area contributed by atoms with Gasteiger partial charge in [0.25, 0.3) is 0 Å². The van der Waals surface area contributed by atoms with Crippen molar-refractivity contribution in [3.8, 4) is 0 Å². The van der Waals surface area contributed by atoms with Gasteiger partial charge in [-0.2, -0.15) is 5.10 Å². The molecule has 0 aliphatic heterocycles. The Bertz CT molecular complexity index is 233. The van der Waals surface area contributed by atoms with Crippen molar-refractivity contribution in [2.45, 2.75) is 33.7 Å². The Balaban J connectivity index is 2.64. The highest BCUT2D eigenvalue weighted by Crippen LogP contribution is 2.09. The standard InChI is InChI=1S/C9H17N3/c1-4-7(2)5-12-6-8(3)9(10)11-12/h6-7H,4-5H2,1-3H3,(H2,10,11). The van der Waals surface area contributed by atoms with Crippen molar-refractivity contribution >= 4 is 5.82 Å². The SMILES string of the molecule is CCC(C)Cn1cc(C)c(N)n1. The minimum Gasteiger partial charge on any atom is -0.382 e. The van der Waals surface area contributed by atoms with Crippen LogP contribution < -0.4 is 5.73 Å². The second-order valence-electron chi connectivity index (χ2n) is 3.43. The Labute approximate surface area is 73.6 Å². The minimum atomic E-state index is 0.651. The van der Waals surface area contributed by atoms with E-state index in [4.69, 9.17) is 5.73 Å². The maximum atomic E-state index is 5.63. The molecule has 0 spiro atoms. The summed E-state index contributed by atoms with van der Waals surface area (Å²) in [5.41, 5.74) is 6.69. The number of hydrogen-bond acceptors (Lipinski definition) is 2. The first kappa shape index (κ1) is 9.10. The average Bonchev–Trinajstić information content (AvgIpc) is 2.31. The third kappa shape index (κ3) is 2.00. The zero-order chi connectivity index (χ0) is 9.14. The minimum absolute atomic E-state index is 0.651. The number of nitrogens with zero attached hydrogens (tertiary/aromatic N) is 2. The van der Waals surface area contributed by atoms with Crippen LogP contribution in [-0.4, -0.2) is 9.78 Å². The van der Waals surface area contributed by atoms with Crippen LogP contribution in [0.3, 0.4) is 0 Å². The summed E-state index contributed by atoms with van der Waals surface area (Å²) in [6.07, 6.45) is 3.18. The lowest BCUT2D eigenvalue weighted by Gasteiger charge is -2.07. The summed E-state index contributed by atoms with van der Waals surface area (Å²) < 4.78 is 1.93. The fraction of sp³-hybridized carbons (Fsp3) is 0.667. The van der Waals surface area contributed by atoms with Gasteiger partial charge < -0.3 is 5.73 Å². The van der Waals surface area contributed by atoms with Crippen molar-refractivity contribution in [2.75, 3.05) is 5.73 Å². The summed E-state index contributed by atoms with van der Waals surface area (Å²) in [5, 5.41) is 4.19. The maximum Gasteiger partial charge on any atom is 0.148 e. The largest absolute Gasteiger partial charge is 0.382 e. The van der Waals surface area contributed by atoms with Crippen molar-refractivity contribution in [3.63, 3.8) is 0 Å². The molecule has 3 heteroatoms. The second-order valence-corrected chi connectivity index (χ2v) is 3.43. The molecule has 0 saturated carbocycles. The van der Waals surface area contributed by atoms with E-state index in [-0.39, 0.29) is 0 Å². The molecule has 0 aliphatic rings. The van der Waals surface area contributed by atoms with E-state index in [0.29, 0.717) is 11.7 Å². The van der Waals surface area contributed by atoms with Crippen LogP contribution in [-0.2, 0) is 6.54 Å². The van der Waals surface area contributed by atoms with E-state index in [1.807, 2.05) is 17.8 Å². The number of aromatic nitrogens is 2. The monoisotopic (exact) mass is 167 g/mol. The summed E-state index contributed by atoms with van der Waals surface area (Å²) in [6, 6.07) is 0. The highest BCUT2D eigenvalue weighted by atomic mass is 15.3. The Hall–Kier alpha value is -0.990. The third-order valence-electron chi connectivity index (χ3n) is 2.18. The predicted octanol–water partition coefficient (Wildman–Crippen LogP) is 1.82. The molecule has 68 valence electrons. The van der Waals surface area contributed by atoms with Crippen molar-refractivity contribution in [1.82, 2.24) is 9.78 Å². The van der Waals surface area contributed by atoms with Gasteiger partial charge >= 0.3 is 0 Å². The molecule has 0 fully saturated rings. The topological polar surface area (TPSA) is 43.8 Å². The van der Waals surface area contributed by atoms with E-state index >= 15 is 0 Å². The summed E-state index contributed by atoms with van der Waals surface area (Å²) in [7, 11) is 0. The number of nitrogens with two attached hydrogens (primary N) is 1. The van der Waals surface area contributed by atoms with Crippen LogP contribution >= 0.6 is 0 Å². The molecule has 1 unspecified atom stereocenters. The molecule has 0 aliphatic carbocycles. The predicted molar refractivity (Wildman–Crippen MR) is 50.8 cm³/mol. The van der Waals surface area contributed by atoms with E-state index in [2.05, 4.69) is 18.9 Å². The zero-order valence-corrected chi connectivity index (χ0v) is 8.04. The molecule has 1 atom stereocenters. The van der Waals surface area contributed by atoms with Gasteiger partial charge in [0, 0.05) is 18.3 Å². The van der Waals surface area contributed by atoms with E-state index in [0.717, 1.165) is 12.1 Å².